The molecule has 2 aromatic heterocycles. The van der Waals surface area contributed by atoms with E-state index in [1.54, 1.807) is 31.5 Å². The minimum atomic E-state index is -0.419. The number of carbonyl (C=O) groups excluding carboxylic acids is 1. The van der Waals surface area contributed by atoms with Gasteiger partial charge in [-0.3, -0.25) is 0 Å². The number of carbonyl (C=O) groups is 1. The van der Waals surface area contributed by atoms with E-state index < -0.39 is 5.97 Å². The predicted octanol–water partition coefficient (Wildman–Crippen LogP) is 0.906. The molecule has 0 aliphatic heterocycles. The van der Waals surface area contributed by atoms with E-state index in [2.05, 4.69) is 10.1 Å². The maximum absolute atomic E-state index is 11.3. The summed E-state index contributed by atoms with van der Waals surface area (Å²) in [4.78, 5) is 15.3. The number of rotatable bonds is 2. The van der Waals surface area contributed by atoms with Crippen molar-refractivity contribution in [2.75, 3.05) is 6.61 Å². The lowest BCUT2D eigenvalue weighted by atomic mass is 10.4. The van der Waals surface area contributed by atoms with Crippen LogP contribution in [-0.2, 0) is 4.74 Å². The SMILES string of the molecule is CCOC(=O)c1cc2ncccn2n1. The van der Waals surface area contributed by atoms with Crippen molar-refractivity contribution >= 4 is 11.6 Å². The third-order valence-corrected chi connectivity index (χ3v) is 1.72. The van der Waals surface area contributed by atoms with Crippen molar-refractivity contribution in [3.05, 3.63) is 30.2 Å². The standard InChI is InChI=1S/C9H9N3O2/c1-2-14-9(13)7-6-8-10-4-3-5-12(8)11-7/h3-6H,2H2,1H3. The molecule has 72 valence electrons. The highest BCUT2D eigenvalue weighted by Crippen LogP contribution is 2.03. The molecule has 0 N–H and O–H groups in total. The number of esters is 1. The Hall–Kier alpha value is -1.91. The van der Waals surface area contributed by atoms with Crippen molar-refractivity contribution in [1.29, 1.82) is 0 Å². The number of ether oxygens (including phenoxy) is 1. The van der Waals surface area contributed by atoms with Crippen LogP contribution in [0.4, 0.5) is 0 Å². The van der Waals surface area contributed by atoms with Gasteiger partial charge in [0, 0.05) is 18.5 Å². The molecule has 0 aliphatic carbocycles. The van der Waals surface area contributed by atoms with Gasteiger partial charge >= 0.3 is 5.97 Å². The van der Waals surface area contributed by atoms with Crippen molar-refractivity contribution < 1.29 is 9.53 Å². The Morgan fingerprint density at radius 2 is 2.50 bits per heavy atom. The van der Waals surface area contributed by atoms with Crippen molar-refractivity contribution in [2.24, 2.45) is 0 Å². The van der Waals surface area contributed by atoms with E-state index >= 15 is 0 Å². The molecule has 0 aliphatic rings. The molecule has 0 aromatic carbocycles. The van der Waals surface area contributed by atoms with Gasteiger partial charge < -0.3 is 4.74 Å². The zero-order chi connectivity index (χ0) is 9.97. The number of aromatic nitrogens is 3. The summed E-state index contributed by atoms with van der Waals surface area (Å²) in [7, 11) is 0. The molecule has 0 spiro atoms. The molecule has 0 bridgehead atoms. The molecule has 0 radical (unpaired) electrons. The molecular weight excluding hydrogens is 182 g/mol. The monoisotopic (exact) mass is 191 g/mol. The molecular formula is C9H9N3O2. The molecule has 0 unspecified atom stereocenters. The van der Waals surface area contributed by atoms with E-state index in [0.717, 1.165) is 0 Å². The molecule has 0 saturated heterocycles. The summed E-state index contributed by atoms with van der Waals surface area (Å²) in [6, 6.07) is 3.34. The summed E-state index contributed by atoms with van der Waals surface area (Å²) in [6.07, 6.45) is 3.37. The smallest absolute Gasteiger partial charge is 0.358 e. The van der Waals surface area contributed by atoms with Crippen LogP contribution >= 0.6 is 0 Å². The van der Waals surface area contributed by atoms with Crippen molar-refractivity contribution in [2.45, 2.75) is 6.92 Å². The fourth-order valence-electron chi connectivity index (χ4n) is 1.13. The van der Waals surface area contributed by atoms with Crippen LogP contribution in [0, 0.1) is 0 Å². The van der Waals surface area contributed by atoms with E-state index in [0.29, 0.717) is 12.3 Å². The summed E-state index contributed by atoms with van der Waals surface area (Å²) in [5, 5.41) is 4.01. The molecule has 0 fully saturated rings. The summed E-state index contributed by atoms with van der Waals surface area (Å²) < 4.78 is 6.35. The number of hydrogen-bond acceptors (Lipinski definition) is 4. The number of nitrogens with zero attached hydrogens (tertiary/aromatic N) is 3. The van der Waals surface area contributed by atoms with Gasteiger partial charge in [0.15, 0.2) is 11.3 Å². The van der Waals surface area contributed by atoms with Gasteiger partial charge in [-0.1, -0.05) is 0 Å². The average molecular weight is 191 g/mol. The minimum Gasteiger partial charge on any atom is -0.461 e. The first kappa shape index (κ1) is 8.68. The average Bonchev–Trinajstić information content (AvgIpc) is 2.61. The Morgan fingerprint density at radius 3 is 3.21 bits per heavy atom. The second-order valence-electron chi connectivity index (χ2n) is 2.67. The Morgan fingerprint density at radius 1 is 1.64 bits per heavy atom. The van der Waals surface area contributed by atoms with Crippen LogP contribution in [0.5, 0.6) is 0 Å². The fraction of sp³-hybridized carbons (Fsp3) is 0.222. The van der Waals surface area contributed by atoms with Crippen LogP contribution in [0.25, 0.3) is 5.65 Å². The van der Waals surface area contributed by atoms with E-state index in [-0.39, 0.29) is 5.69 Å². The summed E-state index contributed by atoms with van der Waals surface area (Å²) in [6.45, 7) is 2.10. The number of fused-ring (bicyclic) bond motifs is 1. The molecule has 0 saturated carbocycles. The lowest BCUT2D eigenvalue weighted by Gasteiger charge is -1.95. The Balaban J connectivity index is 2.40. The first-order valence-corrected chi connectivity index (χ1v) is 4.29. The fourth-order valence-corrected chi connectivity index (χ4v) is 1.13. The van der Waals surface area contributed by atoms with Crippen LogP contribution < -0.4 is 0 Å². The molecule has 2 rings (SSSR count). The second kappa shape index (κ2) is 3.45. The highest BCUT2D eigenvalue weighted by Gasteiger charge is 2.11. The second-order valence-corrected chi connectivity index (χ2v) is 2.67. The van der Waals surface area contributed by atoms with Crippen LogP contribution in [0.2, 0.25) is 0 Å². The van der Waals surface area contributed by atoms with Gasteiger partial charge in [0.1, 0.15) is 0 Å². The predicted molar refractivity (Wildman–Crippen MR) is 48.9 cm³/mol. The van der Waals surface area contributed by atoms with E-state index in [1.165, 1.54) is 4.52 Å². The lowest BCUT2D eigenvalue weighted by molar-refractivity contribution is 0.0519. The largest absolute Gasteiger partial charge is 0.461 e. The van der Waals surface area contributed by atoms with Crippen LogP contribution in [-0.4, -0.2) is 27.2 Å². The lowest BCUT2D eigenvalue weighted by Crippen LogP contribution is -2.05. The van der Waals surface area contributed by atoms with Crippen LogP contribution in [0.1, 0.15) is 17.4 Å². The minimum absolute atomic E-state index is 0.283. The third kappa shape index (κ3) is 1.44. The van der Waals surface area contributed by atoms with Crippen molar-refractivity contribution in [3.63, 3.8) is 0 Å². The quantitative estimate of drug-likeness (QED) is 0.662. The maximum atomic E-state index is 11.3. The highest BCUT2D eigenvalue weighted by atomic mass is 16.5. The van der Waals surface area contributed by atoms with Crippen LogP contribution in [0.15, 0.2) is 24.5 Å². The van der Waals surface area contributed by atoms with Gasteiger partial charge in [0.2, 0.25) is 0 Å². The Kier molecular flexibility index (Phi) is 2.14. The molecule has 5 heteroatoms. The molecule has 5 nitrogen and oxygen atoms in total. The first-order valence-electron chi connectivity index (χ1n) is 4.29. The molecule has 14 heavy (non-hydrogen) atoms. The summed E-state index contributed by atoms with van der Waals surface area (Å²) in [5.41, 5.74) is 0.918. The topological polar surface area (TPSA) is 56.5 Å². The Labute approximate surface area is 80.3 Å². The van der Waals surface area contributed by atoms with E-state index in [9.17, 15) is 4.79 Å². The van der Waals surface area contributed by atoms with Gasteiger partial charge in [0.25, 0.3) is 0 Å². The highest BCUT2D eigenvalue weighted by molar-refractivity contribution is 5.88. The zero-order valence-corrected chi connectivity index (χ0v) is 7.67. The van der Waals surface area contributed by atoms with E-state index in [1.807, 2.05) is 0 Å². The molecule has 2 aromatic rings. The van der Waals surface area contributed by atoms with Crippen molar-refractivity contribution in [1.82, 2.24) is 14.6 Å². The zero-order valence-electron chi connectivity index (χ0n) is 7.67. The molecule has 0 atom stereocenters. The third-order valence-electron chi connectivity index (χ3n) is 1.72. The van der Waals surface area contributed by atoms with Gasteiger partial charge in [-0.2, -0.15) is 5.10 Å². The molecule has 0 amide bonds. The first-order chi connectivity index (χ1) is 6.81. The maximum Gasteiger partial charge on any atom is 0.358 e. The van der Waals surface area contributed by atoms with Gasteiger partial charge in [0.05, 0.1) is 6.61 Å². The Bertz CT molecular complexity index is 431. The summed E-state index contributed by atoms with van der Waals surface area (Å²) in [5.74, 6) is -0.419. The molecule has 2 heterocycles. The van der Waals surface area contributed by atoms with Crippen molar-refractivity contribution in [3.8, 4) is 0 Å². The van der Waals surface area contributed by atoms with Gasteiger partial charge in [-0.25, -0.2) is 14.3 Å². The van der Waals surface area contributed by atoms with Crippen LogP contribution in [0.3, 0.4) is 0 Å². The normalized spacial score (nSPS) is 10.4. The summed E-state index contributed by atoms with van der Waals surface area (Å²) >= 11 is 0. The van der Waals surface area contributed by atoms with E-state index in [4.69, 9.17) is 4.74 Å². The number of hydrogen-bond donors (Lipinski definition) is 0. The van der Waals surface area contributed by atoms with Gasteiger partial charge in [-0.05, 0) is 13.0 Å². The van der Waals surface area contributed by atoms with Gasteiger partial charge in [-0.15, -0.1) is 0 Å².